The molecule has 0 spiro atoms. The number of nitrogens with zero attached hydrogens (tertiary/aromatic N) is 2. The van der Waals surface area contributed by atoms with E-state index in [4.69, 9.17) is 4.74 Å². The number of hydrogen-bond acceptors (Lipinski definition) is 5. The molecule has 1 saturated heterocycles. The van der Waals surface area contributed by atoms with Crippen molar-refractivity contribution in [3.63, 3.8) is 0 Å². The fourth-order valence-corrected chi connectivity index (χ4v) is 2.33. The molecule has 1 N–H and O–H groups in total. The van der Waals surface area contributed by atoms with Gasteiger partial charge in [-0.1, -0.05) is 6.92 Å². The lowest BCUT2D eigenvalue weighted by Gasteiger charge is -2.31. The fraction of sp³-hybridized carbons (Fsp3) is 0.615. The largest absolute Gasteiger partial charge is 0.469 e. The van der Waals surface area contributed by atoms with Crippen LogP contribution in [0.15, 0.2) is 10.9 Å². The predicted molar refractivity (Wildman–Crippen MR) is 71.2 cm³/mol. The lowest BCUT2D eigenvalue weighted by molar-refractivity contribution is -0.146. The number of rotatable bonds is 3. The Morgan fingerprint density at radius 3 is 2.79 bits per heavy atom. The fourth-order valence-electron chi connectivity index (χ4n) is 2.33. The molecular formula is C13H19N3O3. The number of aromatic nitrogens is 2. The van der Waals surface area contributed by atoms with E-state index in [9.17, 15) is 9.59 Å². The van der Waals surface area contributed by atoms with Crippen LogP contribution in [0.3, 0.4) is 0 Å². The molecule has 6 heteroatoms. The molecule has 19 heavy (non-hydrogen) atoms. The first-order valence-electron chi connectivity index (χ1n) is 6.57. The number of nitrogens with one attached hydrogen (secondary N) is 1. The van der Waals surface area contributed by atoms with E-state index >= 15 is 0 Å². The van der Waals surface area contributed by atoms with Gasteiger partial charge in [0.15, 0.2) is 0 Å². The first-order valence-corrected chi connectivity index (χ1v) is 6.57. The quantitative estimate of drug-likeness (QED) is 0.815. The van der Waals surface area contributed by atoms with Crippen molar-refractivity contribution >= 4 is 11.8 Å². The van der Waals surface area contributed by atoms with Crippen molar-refractivity contribution in [3.05, 3.63) is 22.2 Å². The third kappa shape index (κ3) is 3.13. The molecular weight excluding hydrogens is 246 g/mol. The van der Waals surface area contributed by atoms with Crippen LogP contribution in [-0.4, -0.2) is 36.1 Å². The van der Waals surface area contributed by atoms with Gasteiger partial charge in [-0.3, -0.25) is 9.59 Å². The van der Waals surface area contributed by atoms with Crippen LogP contribution in [0.1, 0.15) is 25.6 Å². The molecule has 1 aromatic heterocycles. The van der Waals surface area contributed by atoms with E-state index in [1.54, 1.807) is 0 Å². The molecule has 0 aromatic carbocycles. The monoisotopic (exact) mass is 265 g/mol. The highest BCUT2D eigenvalue weighted by Gasteiger charge is 2.26. The molecule has 1 aromatic rings. The molecule has 0 radical (unpaired) electrons. The highest BCUT2D eigenvalue weighted by molar-refractivity contribution is 5.72. The maximum absolute atomic E-state index is 11.5. The summed E-state index contributed by atoms with van der Waals surface area (Å²) in [5, 5.41) is 0. The van der Waals surface area contributed by atoms with Crippen molar-refractivity contribution in [2.75, 3.05) is 25.1 Å². The van der Waals surface area contributed by atoms with E-state index in [-0.39, 0.29) is 17.4 Å². The van der Waals surface area contributed by atoms with Gasteiger partial charge in [0.25, 0.3) is 5.56 Å². The molecule has 1 aliphatic rings. The SMILES string of the molecule is CCc1nc(N2CCC(C(=O)OC)CC2)cc(=O)[nH]1. The number of methoxy groups -OCH3 is 1. The van der Waals surface area contributed by atoms with Gasteiger partial charge >= 0.3 is 5.97 Å². The Bertz CT molecular complexity index is 504. The molecule has 1 fully saturated rings. The summed E-state index contributed by atoms with van der Waals surface area (Å²) in [7, 11) is 1.42. The summed E-state index contributed by atoms with van der Waals surface area (Å²) in [6.07, 6.45) is 2.17. The highest BCUT2D eigenvalue weighted by atomic mass is 16.5. The van der Waals surface area contributed by atoms with Crippen LogP contribution in [0.2, 0.25) is 0 Å². The van der Waals surface area contributed by atoms with Crippen LogP contribution in [0.25, 0.3) is 0 Å². The molecule has 0 aliphatic carbocycles. The van der Waals surface area contributed by atoms with E-state index in [0.717, 1.165) is 25.9 Å². The summed E-state index contributed by atoms with van der Waals surface area (Å²) >= 11 is 0. The van der Waals surface area contributed by atoms with Crippen molar-refractivity contribution in [3.8, 4) is 0 Å². The predicted octanol–water partition coefficient (Wildman–Crippen LogP) is 0.722. The maximum atomic E-state index is 11.5. The van der Waals surface area contributed by atoms with Crippen LogP contribution in [0, 0.1) is 5.92 Å². The smallest absolute Gasteiger partial charge is 0.308 e. The van der Waals surface area contributed by atoms with Crippen molar-refractivity contribution in [2.24, 2.45) is 5.92 Å². The Hall–Kier alpha value is -1.85. The molecule has 0 amide bonds. The minimum atomic E-state index is -0.146. The third-order valence-corrected chi connectivity index (χ3v) is 3.47. The molecule has 104 valence electrons. The summed E-state index contributed by atoms with van der Waals surface area (Å²) in [5.74, 6) is 1.21. The molecule has 2 heterocycles. The minimum absolute atomic E-state index is 0.0334. The summed E-state index contributed by atoms with van der Waals surface area (Å²) < 4.78 is 4.76. The Morgan fingerprint density at radius 2 is 2.21 bits per heavy atom. The molecule has 0 saturated carbocycles. The lowest BCUT2D eigenvalue weighted by Crippen LogP contribution is -2.37. The molecule has 0 atom stereocenters. The van der Waals surface area contributed by atoms with Gasteiger partial charge in [-0.2, -0.15) is 0 Å². The molecule has 6 nitrogen and oxygen atoms in total. The zero-order chi connectivity index (χ0) is 13.8. The Balaban J connectivity index is 2.07. The van der Waals surface area contributed by atoms with Gasteiger partial charge in [0.1, 0.15) is 11.6 Å². The van der Waals surface area contributed by atoms with E-state index in [1.165, 1.54) is 13.2 Å². The van der Waals surface area contributed by atoms with Gasteiger partial charge < -0.3 is 14.6 Å². The standard InChI is InChI=1S/C13H19N3O3/c1-3-10-14-11(8-12(17)15-10)16-6-4-9(5-7-16)13(18)19-2/h8-9H,3-7H2,1-2H3,(H,14,15,17). The number of hydrogen-bond donors (Lipinski definition) is 1. The van der Waals surface area contributed by atoms with E-state index < -0.39 is 0 Å². The zero-order valence-electron chi connectivity index (χ0n) is 11.3. The average molecular weight is 265 g/mol. The van der Waals surface area contributed by atoms with Crippen molar-refractivity contribution in [1.82, 2.24) is 9.97 Å². The van der Waals surface area contributed by atoms with Gasteiger partial charge in [-0.05, 0) is 12.8 Å². The second-order valence-corrected chi connectivity index (χ2v) is 4.69. The van der Waals surface area contributed by atoms with Crippen LogP contribution in [0.5, 0.6) is 0 Å². The minimum Gasteiger partial charge on any atom is -0.469 e. The van der Waals surface area contributed by atoms with Crippen LogP contribution >= 0.6 is 0 Å². The maximum Gasteiger partial charge on any atom is 0.308 e. The first kappa shape index (κ1) is 13.6. The summed E-state index contributed by atoms with van der Waals surface area (Å²) in [5.41, 5.74) is -0.128. The van der Waals surface area contributed by atoms with Gasteiger partial charge in [-0.15, -0.1) is 0 Å². The lowest BCUT2D eigenvalue weighted by atomic mass is 9.97. The zero-order valence-corrected chi connectivity index (χ0v) is 11.3. The van der Waals surface area contributed by atoms with Gasteiger partial charge in [0.2, 0.25) is 0 Å². The number of aryl methyl sites for hydroxylation is 1. The molecule has 1 aliphatic heterocycles. The summed E-state index contributed by atoms with van der Waals surface area (Å²) in [6.45, 7) is 3.39. The Kier molecular flexibility index (Phi) is 4.19. The van der Waals surface area contributed by atoms with Gasteiger partial charge in [-0.25, -0.2) is 4.98 Å². The van der Waals surface area contributed by atoms with Crippen molar-refractivity contribution < 1.29 is 9.53 Å². The summed E-state index contributed by atoms with van der Waals surface area (Å²) in [6, 6.07) is 1.51. The topological polar surface area (TPSA) is 75.3 Å². The van der Waals surface area contributed by atoms with Crippen molar-refractivity contribution in [1.29, 1.82) is 0 Å². The number of esters is 1. The van der Waals surface area contributed by atoms with Crippen LogP contribution in [-0.2, 0) is 16.0 Å². The number of H-pyrrole nitrogens is 1. The Labute approximate surface area is 111 Å². The van der Waals surface area contributed by atoms with E-state index in [0.29, 0.717) is 18.1 Å². The van der Waals surface area contributed by atoms with E-state index in [2.05, 4.69) is 9.97 Å². The number of aromatic amines is 1. The van der Waals surface area contributed by atoms with Crippen LogP contribution < -0.4 is 10.5 Å². The second-order valence-electron chi connectivity index (χ2n) is 4.69. The Morgan fingerprint density at radius 1 is 1.53 bits per heavy atom. The highest BCUT2D eigenvalue weighted by Crippen LogP contribution is 2.21. The van der Waals surface area contributed by atoms with Crippen LogP contribution in [0.4, 0.5) is 5.82 Å². The molecule has 0 unspecified atom stereocenters. The van der Waals surface area contributed by atoms with Gasteiger partial charge in [0, 0.05) is 25.6 Å². The first-order chi connectivity index (χ1) is 9.13. The average Bonchev–Trinajstić information content (AvgIpc) is 2.46. The number of anilines is 1. The van der Waals surface area contributed by atoms with E-state index in [1.807, 2.05) is 11.8 Å². The molecule has 0 bridgehead atoms. The number of piperidine rings is 1. The van der Waals surface area contributed by atoms with Crippen molar-refractivity contribution in [2.45, 2.75) is 26.2 Å². The van der Waals surface area contributed by atoms with Gasteiger partial charge in [0.05, 0.1) is 13.0 Å². The molecule has 2 rings (SSSR count). The second kappa shape index (κ2) is 5.86. The number of ether oxygens (including phenoxy) is 1. The summed E-state index contributed by atoms with van der Waals surface area (Å²) in [4.78, 5) is 32.2. The number of carbonyl (C=O) groups is 1. The number of carbonyl (C=O) groups excluding carboxylic acids is 1. The normalized spacial score (nSPS) is 16.4. The third-order valence-electron chi connectivity index (χ3n) is 3.47.